The smallest absolute Gasteiger partial charge is 0.0621 e. The van der Waals surface area contributed by atoms with Crippen molar-refractivity contribution in [1.82, 2.24) is 0 Å². The van der Waals surface area contributed by atoms with Crippen LogP contribution in [0.4, 0.5) is 0 Å². The zero-order valence-electron chi connectivity index (χ0n) is 8.11. The molecule has 0 N–H and O–H groups in total. The first-order valence-electron chi connectivity index (χ1n) is 4.76. The standard InChI is InChI=1S/C13H13N/c14-12-8-3-1-2-5-9-13-10-6-4-7-11-13/h2,4,6-7,9-11H,1,3,8H2. The molecule has 0 unspecified atom stereocenters. The topological polar surface area (TPSA) is 23.8 Å². The molecule has 0 saturated carbocycles. The minimum Gasteiger partial charge on any atom is -0.198 e. The highest BCUT2D eigenvalue weighted by Crippen LogP contribution is 2.00. The molecule has 0 aliphatic rings. The monoisotopic (exact) mass is 183 g/mol. The second kappa shape index (κ2) is 6.71. The van der Waals surface area contributed by atoms with Gasteiger partial charge in [-0.25, -0.2) is 0 Å². The number of allylic oxidation sites excluding steroid dienone is 1. The van der Waals surface area contributed by atoms with E-state index in [9.17, 15) is 0 Å². The van der Waals surface area contributed by atoms with Crippen LogP contribution in [0.15, 0.2) is 42.1 Å². The van der Waals surface area contributed by atoms with E-state index in [0.29, 0.717) is 6.42 Å². The molecule has 0 saturated heterocycles. The van der Waals surface area contributed by atoms with Crippen LogP contribution in [0.3, 0.4) is 0 Å². The van der Waals surface area contributed by atoms with Crippen LogP contribution in [0.25, 0.3) is 6.08 Å². The minimum absolute atomic E-state index is 0.628. The third kappa shape index (κ3) is 4.30. The highest BCUT2D eigenvalue weighted by Gasteiger charge is 1.81. The third-order valence-corrected chi connectivity index (χ3v) is 1.80. The molecule has 0 bridgehead atoms. The molecule has 0 aromatic heterocycles. The summed E-state index contributed by atoms with van der Waals surface area (Å²) in [5, 5.41) is 8.31. The number of benzene rings is 1. The van der Waals surface area contributed by atoms with Crippen molar-refractivity contribution in [2.75, 3.05) is 0 Å². The Morgan fingerprint density at radius 2 is 2.00 bits per heavy atom. The molecular weight excluding hydrogens is 170 g/mol. The van der Waals surface area contributed by atoms with Gasteiger partial charge in [-0.05, 0) is 30.6 Å². The van der Waals surface area contributed by atoms with E-state index in [4.69, 9.17) is 5.26 Å². The van der Waals surface area contributed by atoms with Crippen molar-refractivity contribution in [3.63, 3.8) is 0 Å². The summed E-state index contributed by atoms with van der Waals surface area (Å²) in [5.41, 5.74) is 4.26. The van der Waals surface area contributed by atoms with Gasteiger partial charge in [-0.15, -0.1) is 5.73 Å². The Morgan fingerprint density at radius 3 is 2.71 bits per heavy atom. The average molecular weight is 183 g/mol. The molecule has 1 nitrogen and oxygen atoms in total. The average Bonchev–Trinajstić information content (AvgIpc) is 2.25. The van der Waals surface area contributed by atoms with Crippen LogP contribution in [-0.2, 0) is 0 Å². The van der Waals surface area contributed by atoms with Gasteiger partial charge in [0.05, 0.1) is 6.07 Å². The van der Waals surface area contributed by atoms with E-state index < -0.39 is 0 Å². The Balaban J connectivity index is 2.37. The van der Waals surface area contributed by atoms with Gasteiger partial charge in [-0.1, -0.05) is 30.3 Å². The van der Waals surface area contributed by atoms with Crippen molar-refractivity contribution < 1.29 is 0 Å². The van der Waals surface area contributed by atoms with Crippen LogP contribution >= 0.6 is 0 Å². The summed E-state index contributed by atoms with van der Waals surface area (Å²) in [6.07, 6.45) is 6.41. The number of unbranched alkanes of at least 4 members (excludes halogenated alkanes) is 2. The molecule has 0 aliphatic heterocycles. The van der Waals surface area contributed by atoms with E-state index in [1.54, 1.807) is 0 Å². The van der Waals surface area contributed by atoms with Gasteiger partial charge < -0.3 is 0 Å². The summed E-state index contributed by atoms with van der Waals surface area (Å²) in [7, 11) is 0. The molecule has 0 atom stereocenters. The van der Waals surface area contributed by atoms with Crippen LogP contribution in [0.2, 0.25) is 0 Å². The fraction of sp³-hybridized carbons (Fsp3) is 0.231. The lowest BCUT2D eigenvalue weighted by Gasteiger charge is -1.87. The molecule has 0 heterocycles. The van der Waals surface area contributed by atoms with Crippen molar-refractivity contribution in [2.24, 2.45) is 0 Å². The van der Waals surface area contributed by atoms with Crippen LogP contribution in [-0.4, -0.2) is 0 Å². The first-order chi connectivity index (χ1) is 6.93. The summed E-state index contributed by atoms with van der Waals surface area (Å²) in [6, 6.07) is 12.2. The third-order valence-electron chi connectivity index (χ3n) is 1.80. The molecular formula is C13H13N. The highest BCUT2D eigenvalue weighted by molar-refractivity contribution is 5.47. The number of nitriles is 1. The van der Waals surface area contributed by atoms with Crippen LogP contribution < -0.4 is 0 Å². The van der Waals surface area contributed by atoms with Crippen LogP contribution in [0.5, 0.6) is 0 Å². The van der Waals surface area contributed by atoms with E-state index in [2.05, 4.69) is 11.8 Å². The molecule has 0 amide bonds. The van der Waals surface area contributed by atoms with Crippen molar-refractivity contribution in [2.45, 2.75) is 19.3 Å². The van der Waals surface area contributed by atoms with Gasteiger partial charge in [0, 0.05) is 6.42 Å². The van der Waals surface area contributed by atoms with Gasteiger partial charge in [0.15, 0.2) is 0 Å². The molecule has 14 heavy (non-hydrogen) atoms. The Bertz CT molecular complexity index is 351. The maximum Gasteiger partial charge on any atom is 0.0621 e. The van der Waals surface area contributed by atoms with Crippen molar-refractivity contribution in [3.05, 3.63) is 47.7 Å². The second-order valence-electron chi connectivity index (χ2n) is 2.98. The number of hydrogen-bond acceptors (Lipinski definition) is 1. The molecule has 0 fully saturated rings. The zero-order valence-corrected chi connectivity index (χ0v) is 8.11. The highest BCUT2D eigenvalue weighted by atomic mass is 14.2. The summed E-state index contributed by atoms with van der Waals surface area (Å²) < 4.78 is 0. The largest absolute Gasteiger partial charge is 0.198 e. The first-order valence-corrected chi connectivity index (χ1v) is 4.76. The minimum atomic E-state index is 0.628. The number of nitrogens with zero attached hydrogens (tertiary/aromatic N) is 1. The summed E-state index contributed by atoms with van der Waals surface area (Å²) in [5.74, 6) is 0. The van der Waals surface area contributed by atoms with Crippen LogP contribution in [0.1, 0.15) is 24.8 Å². The molecule has 0 radical (unpaired) electrons. The van der Waals surface area contributed by atoms with Gasteiger partial charge in [-0.3, -0.25) is 0 Å². The Hall–Kier alpha value is -1.77. The normalized spacial score (nSPS) is 8.50. The predicted molar refractivity (Wildman–Crippen MR) is 58.5 cm³/mol. The van der Waals surface area contributed by atoms with Gasteiger partial charge in [0.2, 0.25) is 0 Å². The molecule has 0 spiro atoms. The van der Waals surface area contributed by atoms with Gasteiger partial charge >= 0.3 is 0 Å². The Kier molecular flexibility index (Phi) is 4.95. The van der Waals surface area contributed by atoms with E-state index in [1.165, 1.54) is 0 Å². The van der Waals surface area contributed by atoms with E-state index in [0.717, 1.165) is 18.4 Å². The van der Waals surface area contributed by atoms with Crippen molar-refractivity contribution >= 4 is 6.08 Å². The molecule has 0 aliphatic carbocycles. The quantitative estimate of drug-likeness (QED) is 0.517. The maximum atomic E-state index is 8.31. The zero-order chi connectivity index (χ0) is 10.1. The second-order valence-corrected chi connectivity index (χ2v) is 2.98. The first kappa shape index (κ1) is 10.3. The SMILES string of the molecule is N#CCCCC=C=Cc1ccccc1. The molecule has 1 aromatic carbocycles. The summed E-state index contributed by atoms with van der Waals surface area (Å²) >= 11 is 0. The number of rotatable bonds is 4. The fourth-order valence-electron chi connectivity index (χ4n) is 1.07. The lowest BCUT2D eigenvalue weighted by Crippen LogP contribution is -1.68. The molecule has 1 heteroatoms. The van der Waals surface area contributed by atoms with E-state index in [1.807, 2.05) is 42.5 Å². The van der Waals surface area contributed by atoms with Gasteiger partial charge in [0.25, 0.3) is 0 Å². The fourth-order valence-corrected chi connectivity index (χ4v) is 1.07. The number of hydrogen-bond donors (Lipinski definition) is 0. The Labute approximate surface area is 85.0 Å². The molecule has 1 rings (SSSR count). The Morgan fingerprint density at radius 1 is 1.21 bits per heavy atom. The lowest BCUT2D eigenvalue weighted by atomic mass is 10.2. The van der Waals surface area contributed by atoms with E-state index in [-0.39, 0.29) is 0 Å². The molecule has 1 aromatic rings. The van der Waals surface area contributed by atoms with Crippen LogP contribution in [0, 0.1) is 11.3 Å². The lowest BCUT2D eigenvalue weighted by molar-refractivity contribution is 0.877. The predicted octanol–water partition coefficient (Wildman–Crippen LogP) is 3.55. The summed E-state index contributed by atoms with van der Waals surface area (Å²) in [4.78, 5) is 0. The molecule has 70 valence electrons. The van der Waals surface area contributed by atoms with Crippen molar-refractivity contribution in [3.8, 4) is 6.07 Å². The van der Waals surface area contributed by atoms with Gasteiger partial charge in [-0.2, -0.15) is 5.26 Å². The maximum absolute atomic E-state index is 8.31. The van der Waals surface area contributed by atoms with E-state index >= 15 is 0 Å². The van der Waals surface area contributed by atoms with Crippen molar-refractivity contribution in [1.29, 1.82) is 5.26 Å². The summed E-state index contributed by atoms with van der Waals surface area (Å²) in [6.45, 7) is 0. The van der Waals surface area contributed by atoms with Gasteiger partial charge in [0.1, 0.15) is 0 Å².